The van der Waals surface area contributed by atoms with Crippen LogP contribution >= 0.6 is 0 Å². The van der Waals surface area contributed by atoms with Gasteiger partial charge in [0.2, 0.25) is 5.91 Å². The molecule has 0 aromatic carbocycles. The number of amides is 1. The first-order chi connectivity index (χ1) is 11.8. The number of carbonyl (C=O) groups excluding carboxylic acids is 1. The van der Waals surface area contributed by atoms with Crippen LogP contribution in [0.2, 0.25) is 0 Å². The topological polar surface area (TPSA) is 23.6 Å². The molecule has 144 valence electrons. The molecule has 0 aromatic heterocycles. The van der Waals surface area contributed by atoms with Crippen LogP contribution in [0.25, 0.3) is 0 Å². The normalized spacial score (nSPS) is 27.0. The monoisotopic (exact) mass is 348 g/mol. The Balaban J connectivity index is 1.40. The largest absolute Gasteiger partial charge is 0.342 e. The molecule has 0 bridgehead atoms. The van der Waals surface area contributed by atoms with E-state index in [0.717, 1.165) is 24.9 Å². The molecule has 1 aliphatic carbocycles. The molecule has 25 heavy (non-hydrogen) atoms. The summed E-state index contributed by atoms with van der Waals surface area (Å²) in [5.41, 5.74) is 0.469. The van der Waals surface area contributed by atoms with Gasteiger partial charge in [0.1, 0.15) is 0 Å². The van der Waals surface area contributed by atoms with Gasteiger partial charge in [-0.1, -0.05) is 40.5 Å². The van der Waals surface area contributed by atoms with E-state index >= 15 is 0 Å². The molecular formula is C22H40N2O. The zero-order chi connectivity index (χ0) is 18.1. The van der Waals surface area contributed by atoms with Crippen molar-refractivity contribution in [2.45, 2.75) is 79.1 Å². The lowest BCUT2D eigenvalue weighted by Crippen LogP contribution is -2.47. The predicted molar refractivity (Wildman–Crippen MR) is 104 cm³/mol. The fourth-order valence-corrected chi connectivity index (χ4v) is 5.24. The van der Waals surface area contributed by atoms with E-state index in [0.29, 0.717) is 11.3 Å². The number of nitrogens with zero attached hydrogens (tertiary/aromatic N) is 2. The standard InChI is InChI=1S/C22H40N2O/c1-18-5-9-22(10-6-18)11-15-23(16-12-22)17-19-7-13-24(14-8-19)20(25)21(2,3)4/h18-19H,5-17H2,1-4H3. The highest BCUT2D eigenvalue weighted by molar-refractivity contribution is 5.81. The van der Waals surface area contributed by atoms with Crippen molar-refractivity contribution in [3.63, 3.8) is 0 Å². The van der Waals surface area contributed by atoms with Crippen LogP contribution < -0.4 is 0 Å². The van der Waals surface area contributed by atoms with E-state index < -0.39 is 0 Å². The van der Waals surface area contributed by atoms with Crippen molar-refractivity contribution in [3.05, 3.63) is 0 Å². The SMILES string of the molecule is CC1CCC2(CC1)CCN(CC1CCN(C(=O)C(C)(C)C)CC1)CC2. The number of hydrogen-bond acceptors (Lipinski definition) is 2. The average Bonchev–Trinajstić information content (AvgIpc) is 2.59. The van der Waals surface area contributed by atoms with Gasteiger partial charge in [0.25, 0.3) is 0 Å². The summed E-state index contributed by atoms with van der Waals surface area (Å²) in [6.45, 7) is 14.4. The molecule has 0 aromatic rings. The van der Waals surface area contributed by atoms with Crippen molar-refractivity contribution in [2.24, 2.45) is 22.7 Å². The first kappa shape index (κ1) is 19.2. The van der Waals surface area contributed by atoms with Gasteiger partial charge in [-0.3, -0.25) is 4.79 Å². The number of rotatable bonds is 2. The van der Waals surface area contributed by atoms with Crippen molar-refractivity contribution in [2.75, 3.05) is 32.7 Å². The van der Waals surface area contributed by atoms with Crippen LogP contribution in [-0.2, 0) is 4.79 Å². The third-order valence-corrected chi connectivity index (χ3v) is 7.31. The Morgan fingerprint density at radius 2 is 1.48 bits per heavy atom. The maximum absolute atomic E-state index is 12.4. The smallest absolute Gasteiger partial charge is 0.227 e. The number of piperidine rings is 2. The van der Waals surface area contributed by atoms with Crippen molar-refractivity contribution < 1.29 is 4.79 Å². The van der Waals surface area contributed by atoms with Gasteiger partial charge >= 0.3 is 0 Å². The Morgan fingerprint density at radius 1 is 0.920 bits per heavy atom. The molecule has 0 N–H and O–H groups in total. The number of carbonyl (C=O) groups is 1. The molecule has 3 aliphatic rings. The molecule has 1 spiro atoms. The first-order valence-electron chi connectivity index (χ1n) is 10.8. The second kappa shape index (κ2) is 7.58. The van der Waals surface area contributed by atoms with Crippen LogP contribution in [0.15, 0.2) is 0 Å². The van der Waals surface area contributed by atoms with E-state index in [2.05, 4.69) is 16.7 Å². The summed E-state index contributed by atoms with van der Waals surface area (Å²) < 4.78 is 0. The van der Waals surface area contributed by atoms with Crippen LogP contribution in [0.5, 0.6) is 0 Å². The molecule has 2 aliphatic heterocycles. The highest BCUT2D eigenvalue weighted by atomic mass is 16.2. The summed E-state index contributed by atoms with van der Waals surface area (Å²) in [5.74, 6) is 2.09. The molecule has 1 amide bonds. The molecule has 1 saturated carbocycles. The van der Waals surface area contributed by atoms with E-state index in [1.165, 1.54) is 71.0 Å². The van der Waals surface area contributed by atoms with Gasteiger partial charge in [-0.25, -0.2) is 0 Å². The first-order valence-corrected chi connectivity index (χ1v) is 10.8. The lowest BCUT2D eigenvalue weighted by Gasteiger charge is -2.46. The quantitative estimate of drug-likeness (QED) is 0.730. The minimum Gasteiger partial charge on any atom is -0.342 e. The van der Waals surface area contributed by atoms with Crippen LogP contribution in [0.1, 0.15) is 79.1 Å². The van der Waals surface area contributed by atoms with Crippen LogP contribution in [-0.4, -0.2) is 48.4 Å². The van der Waals surface area contributed by atoms with E-state index in [1.54, 1.807) is 0 Å². The van der Waals surface area contributed by atoms with E-state index in [1.807, 2.05) is 20.8 Å². The second-order valence-electron chi connectivity index (χ2n) is 10.5. The Morgan fingerprint density at radius 3 is 2.00 bits per heavy atom. The maximum Gasteiger partial charge on any atom is 0.227 e. The predicted octanol–water partition coefficient (Wildman–Crippen LogP) is 4.56. The highest BCUT2D eigenvalue weighted by Gasteiger charge is 2.38. The van der Waals surface area contributed by atoms with Crippen molar-refractivity contribution >= 4 is 5.91 Å². The van der Waals surface area contributed by atoms with Gasteiger partial charge in [-0.15, -0.1) is 0 Å². The molecule has 2 saturated heterocycles. The van der Waals surface area contributed by atoms with Crippen LogP contribution in [0.4, 0.5) is 0 Å². The fourth-order valence-electron chi connectivity index (χ4n) is 5.24. The Bertz CT molecular complexity index is 441. The van der Waals surface area contributed by atoms with Crippen LogP contribution in [0.3, 0.4) is 0 Å². The Labute approximate surface area is 155 Å². The lowest BCUT2D eigenvalue weighted by molar-refractivity contribution is -0.141. The van der Waals surface area contributed by atoms with Gasteiger partial charge in [0, 0.05) is 25.0 Å². The van der Waals surface area contributed by atoms with E-state index in [9.17, 15) is 4.79 Å². The van der Waals surface area contributed by atoms with Crippen LogP contribution in [0, 0.1) is 22.7 Å². The Kier molecular flexibility index (Phi) is 5.82. The zero-order valence-corrected chi connectivity index (χ0v) is 17.1. The third kappa shape index (κ3) is 4.78. The van der Waals surface area contributed by atoms with E-state index in [-0.39, 0.29) is 5.41 Å². The summed E-state index contributed by atoms with van der Waals surface area (Å²) in [4.78, 5) is 17.3. The molecule has 3 rings (SSSR count). The number of likely N-dealkylation sites (tertiary alicyclic amines) is 2. The zero-order valence-electron chi connectivity index (χ0n) is 17.1. The average molecular weight is 349 g/mol. The summed E-state index contributed by atoms with van der Waals surface area (Å²) in [6.07, 6.45) is 11.1. The van der Waals surface area contributed by atoms with Gasteiger partial charge in [0.05, 0.1) is 0 Å². The van der Waals surface area contributed by atoms with Gasteiger partial charge in [0.15, 0.2) is 0 Å². The molecule has 3 nitrogen and oxygen atoms in total. The molecular weight excluding hydrogens is 308 g/mol. The summed E-state index contributed by atoms with van der Waals surface area (Å²) in [6, 6.07) is 0. The molecule has 2 heterocycles. The van der Waals surface area contributed by atoms with E-state index in [4.69, 9.17) is 0 Å². The number of hydrogen-bond donors (Lipinski definition) is 0. The fraction of sp³-hybridized carbons (Fsp3) is 0.955. The molecule has 3 heteroatoms. The lowest BCUT2D eigenvalue weighted by atomic mass is 9.66. The van der Waals surface area contributed by atoms with Gasteiger partial charge in [-0.2, -0.15) is 0 Å². The highest BCUT2D eigenvalue weighted by Crippen LogP contribution is 2.46. The van der Waals surface area contributed by atoms with Gasteiger partial charge < -0.3 is 9.80 Å². The second-order valence-corrected chi connectivity index (χ2v) is 10.5. The van der Waals surface area contributed by atoms with Crippen molar-refractivity contribution in [3.8, 4) is 0 Å². The summed E-state index contributed by atoms with van der Waals surface area (Å²) in [5, 5.41) is 0. The maximum atomic E-state index is 12.4. The summed E-state index contributed by atoms with van der Waals surface area (Å²) in [7, 11) is 0. The summed E-state index contributed by atoms with van der Waals surface area (Å²) >= 11 is 0. The molecule has 3 fully saturated rings. The third-order valence-electron chi connectivity index (χ3n) is 7.31. The van der Waals surface area contributed by atoms with Crippen molar-refractivity contribution in [1.82, 2.24) is 9.80 Å². The molecule has 0 atom stereocenters. The molecule has 0 unspecified atom stereocenters. The minimum absolute atomic E-state index is 0.231. The molecule has 0 radical (unpaired) electrons. The van der Waals surface area contributed by atoms with Crippen molar-refractivity contribution in [1.29, 1.82) is 0 Å². The Hall–Kier alpha value is -0.570. The van der Waals surface area contributed by atoms with Gasteiger partial charge in [-0.05, 0) is 68.9 Å². The minimum atomic E-state index is -0.231.